The molecular formula is C23H27N3O3S. The fourth-order valence-electron chi connectivity index (χ4n) is 3.55. The first-order valence-corrected chi connectivity index (χ1v) is 11.1. The van der Waals surface area contributed by atoms with E-state index in [1.807, 2.05) is 35.7 Å². The second-order valence-corrected chi connectivity index (χ2v) is 8.36. The Morgan fingerprint density at radius 2 is 1.87 bits per heavy atom. The number of nitrogens with zero attached hydrogens (tertiary/aromatic N) is 2. The van der Waals surface area contributed by atoms with Crippen LogP contribution in [0.3, 0.4) is 0 Å². The van der Waals surface area contributed by atoms with Gasteiger partial charge in [-0.2, -0.15) is 0 Å². The summed E-state index contributed by atoms with van der Waals surface area (Å²) in [6, 6.07) is 16.0. The predicted molar refractivity (Wildman–Crippen MR) is 117 cm³/mol. The molecule has 3 heterocycles. The summed E-state index contributed by atoms with van der Waals surface area (Å²) in [6.07, 6.45) is 1.64. The largest absolute Gasteiger partial charge is 0.467 e. The summed E-state index contributed by atoms with van der Waals surface area (Å²) in [7, 11) is 0. The van der Waals surface area contributed by atoms with E-state index in [4.69, 9.17) is 9.15 Å². The van der Waals surface area contributed by atoms with Gasteiger partial charge in [-0.3, -0.25) is 4.90 Å². The molecule has 2 aromatic heterocycles. The number of amides is 2. The number of morpholine rings is 1. The first-order valence-electron chi connectivity index (χ1n) is 10.2. The molecule has 0 unspecified atom stereocenters. The van der Waals surface area contributed by atoms with Crippen LogP contribution < -0.4 is 5.32 Å². The van der Waals surface area contributed by atoms with E-state index < -0.39 is 0 Å². The molecule has 2 amide bonds. The molecule has 158 valence electrons. The molecule has 0 atom stereocenters. The lowest BCUT2D eigenvalue weighted by molar-refractivity contribution is 0.0340. The standard InChI is InChI=1S/C23H27N3O3S/c27-23(26(17-21-7-3-11-29-21)18-22-8-4-14-30-22)24-15-19-5-1-2-6-20(19)16-25-9-12-28-13-10-25/h1-8,11,14H,9-10,12-13,15-18H2,(H,24,27). The van der Waals surface area contributed by atoms with Crippen molar-refractivity contribution in [3.05, 3.63) is 81.9 Å². The summed E-state index contributed by atoms with van der Waals surface area (Å²) >= 11 is 1.65. The minimum absolute atomic E-state index is 0.0963. The Labute approximate surface area is 181 Å². The number of ether oxygens (including phenoxy) is 1. The van der Waals surface area contributed by atoms with Crippen molar-refractivity contribution in [1.82, 2.24) is 15.1 Å². The summed E-state index contributed by atoms with van der Waals surface area (Å²) in [5.41, 5.74) is 2.39. The Morgan fingerprint density at radius 1 is 1.03 bits per heavy atom. The van der Waals surface area contributed by atoms with Gasteiger partial charge >= 0.3 is 6.03 Å². The molecule has 1 aliphatic heterocycles. The highest BCUT2D eigenvalue weighted by molar-refractivity contribution is 7.09. The highest BCUT2D eigenvalue weighted by atomic mass is 32.1. The minimum Gasteiger partial charge on any atom is -0.467 e. The summed E-state index contributed by atoms with van der Waals surface area (Å²) in [6.45, 7) is 5.81. The maximum atomic E-state index is 13.0. The van der Waals surface area contributed by atoms with Gasteiger partial charge in [0.2, 0.25) is 0 Å². The first-order chi connectivity index (χ1) is 14.8. The van der Waals surface area contributed by atoms with E-state index in [1.54, 1.807) is 22.5 Å². The number of thiophene rings is 1. The zero-order chi connectivity index (χ0) is 20.6. The van der Waals surface area contributed by atoms with E-state index >= 15 is 0 Å². The van der Waals surface area contributed by atoms with Crippen LogP contribution in [0, 0.1) is 0 Å². The van der Waals surface area contributed by atoms with Crippen LogP contribution in [0.5, 0.6) is 0 Å². The molecule has 1 saturated heterocycles. The number of rotatable bonds is 8. The average Bonchev–Trinajstić information content (AvgIpc) is 3.48. The summed E-state index contributed by atoms with van der Waals surface area (Å²) in [5, 5.41) is 5.14. The van der Waals surface area contributed by atoms with Crippen LogP contribution in [0.1, 0.15) is 21.8 Å². The normalized spacial score (nSPS) is 14.5. The van der Waals surface area contributed by atoms with Gasteiger partial charge in [0, 0.05) is 31.1 Å². The maximum absolute atomic E-state index is 13.0. The number of nitrogens with one attached hydrogen (secondary N) is 1. The zero-order valence-corrected chi connectivity index (χ0v) is 17.8. The Morgan fingerprint density at radius 3 is 2.60 bits per heavy atom. The topological polar surface area (TPSA) is 58.0 Å². The van der Waals surface area contributed by atoms with Gasteiger partial charge in [-0.1, -0.05) is 30.3 Å². The van der Waals surface area contributed by atoms with Gasteiger partial charge in [-0.25, -0.2) is 4.79 Å². The molecule has 1 aromatic carbocycles. The van der Waals surface area contributed by atoms with Crippen molar-refractivity contribution in [3.8, 4) is 0 Å². The number of hydrogen-bond donors (Lipinski definition) is 1. The van der Waals surface area contributed by atoms with E-state index in [-0.39, 0.29) is 6.03 Å². The molecule has 0 bridgehead atoms. The van der Waals surface area contributed by atoms with Gasteiger partial charge in [0.25, 0.3) is 0 Å². The second-order valence-electron chi connectivity index (χ2n) is 7.33. The van der Waals surface area contributed by atoms with Crippen molar-refractivity contribution in [3.63, 3.8) is 0 Å². The smallest absolute Gasteiger partial charge is 0.318 e. The van der Waals surface area contributed by atoms with Crippen molar-refractivity contribution in [2.75, 3.05) is 26.3 Å². The van der Waals surface area contributed by atoms with Crippen LogP contribution >= 0.6 is 11.3 Å². The molecular weight excluding hydrogens is 398 g/mol. The number of furan rings is 1. The third-order valence-electron chi connectivity index (χ3n) is 5.19. The predicted octanol–water partition coefficient (Wildman–Crippen LogP) is 4.09. The Kier molecular flexibility index (Phi) is 7.18. The van der Waals surface area contributed by atoms with E-state index in [0.717, 1.165) is 49.0 Å². The summed E-state index contributed by atoms with van der Waals surface area (Å²) < 4.78 is 10.9. The molecule has 0 saturated carbocycles. The van der Waals surface area contributed by atoms with Crippen LogP contribution in [0.25, 0.3) is 0 Å². The molecule has 7 heteroatoms. The minimum atomic E-state index is -0.0963. The number of benzene rings is 1. The van der Waals surface area contributed by atoms with E-state index in [1.165, 1.54) is 5.56 Å². The molecule has 1 N–H and O–H groups in total. The van der Waals surface area contributed by atoms with E-state index in [9.17, 15) is 4.79 Å². The van der Waals surface area contributed by atoms with Crippen LogP contribution in [-0.2, 0) is 30.9 Å². The number of hydrogen-bond acceptors (Lipinski definition) is 5. The van der Waals surface area contributed by atoms with Crippen molar-refractivity contribution in [2.24, 2.45) is 0 Å². The van der Waals surface area contributed by atoms with Gasteiger partial charge in [0.1, 0.15) is 5.76 Å². The third-order valence-corrected chi connectivity index (χ3v) is 6.05. The van der Waals surface area contributed by atoms with Crippen LogP contribution in [0.15, 0.2) is 64.6 Å². The zero-order valence-electron chi connectivity index (χ0n) is 17.0. The highest BCUT2D eigenvalue weighted by Crippen LogP contribution is 2.16. The SMILES string of the molecule is O=C(NCc1ccccc1CN1CCOCC1)N(Cc1ccco1)Cc1cccs1. The molecule has 0 radical (unpaired) electrons. The highest BCUT2D eigenvalue weighted by Gasteiger charge is 2.17. The molecule has 6 nitrogen and oxygen atoms in total. The van der Waals surface area contributed by atoms with Crippen molar-refractivity contribution >= 4 is 17.4 Å². The molecule has 4 rings (SSSR count). The summed E-state index contributed by atoms with van der Waals surface area (Å²) in [5.74, 6) is 0.773. The maximum Gasteiger partial charge on any atom is 0.318 e. The fraction of sp³-hybridized carbons (Fsp3) is 0.348. The Bertz CT molecular complexity index is 869. The first kappa shape index (κ1) is 20.7. The summed E-state index contributed by atoms with van der Waals surface area (Å²) in [4.78, 5) is 18.3. The molecule has 0 aliphatic carbocycles. The van der Waals surface area contributed by atoms with Gasteiger partial charge < -0.3 is 19.4 Å². The van der Waals surface area contributed by atoms with Crippen molar-refractivity contribution in [1.29, 1.82) is 0 Å². The second kappa shape index (κ2) is 10.4. The van der Waals surface area contributed by atoms with E-state index in [2.05, 4.69) is 28.4 Å². The van der Waals surface area contributed by atoms with Gasteiger partial charge in [-0.05, 0) is 34.7 Å². The van der Waals surface area contributed by atoms with Crippen molar-refractivity contribution in [2.45, 2.75) is 26.2 Å². The number of carbonyl (C=O) groups excluding carboxylic acids is 1. The lowest BCUT2D eigenvalue weighted by Gasteiger charge is -2.27. The van der Waals surface area contributed by atoms with E-state index in [0.29, 0.717) is 19.6 Å². The van der Waals surface area contributed by atoms with Crippen LogP contribution in [-0.4, -0.2) is 42.1 Å². The third kappa shape index (κ3) is 5.72. The Hall–Kier alpha value is -2.61. The molecule has 1 fully saturated rings. The monoisotopic (exact) mass is 425 g/mol. The quantitative estimate of drug-likeness (QED) is 0.591. The molecule has 30 heavy (non-hydrogen) atoms. The van der Waals surface area contributed by atoms with Crippen LogP contribution in [0.4, 0.5) is 4.79 Å². The molecule has 1 aliphatic rings. The Balaban J connectivity index is 1.40. The average molecular weight is 426 g/mol. The van der Waals surface area contributed by atoms with Crippen LogP contribution in [0.2, 0.25) is 0 Å². The van der Waals surface area contributed by atoms with Gasteiger partial charge in [0.15, 0.2) is 0 Å². The van der Waals surface area contributed by atoms with Crippen molar-refractivity contribution < 1.29 is 13.9 Å². The van der Waals surface area contributed by atoms with Gasteiger partial charge in [-0.15, -0.1) is 11.3 Å². The molecule has 0 spiro atoms. The lowest BCUT2D eigenvalue weighted by atomic mass is 10.1. The number of carbonyl (C=O) groups is 1. The fourth-order valence-corrected chi connectivity index (χ4v) is 4.27. The lowest BCUT2D eigenvalue weighted by Crippen LogP contribution is -2.39. The number of urea groups is 1. The molecule has 3 aromatic rings. The van der Waals surface area contributed by atoms with Gasteiger partial charge in [0.05, 0.1) is 32.6 Å².